The molecule has 0 bridgehead atoms. The summed E-state index contributed by atoms with van der Waals surface area (Å²) in [7, 11) is 1.87. The molecule has 0 spiro atoms. The molecule has 4 aromatic rings. The van der Waals surface area contributed by atoms with Gasteiger partial charge in [-0.05, 0) is 55.8 Å². The van der Waals surface area contributed by atoms with Crippen LogP contribution < -0.4 is 11.1 Å². The number of anilines is 1. The number of nitrogens with two attached hydrogens (primary N) is 1. The number of nitrogens with one attached hydrogen (secondary N) is 1. The highest BCUT2D eigenvalue weighted by Crippen LogP contribution is 2.20. The van der Waals surface area contributed by atoms with E-state index in [-0.39, 0.29) is 5.91 Å². The second-order valence-electron chi connectivity index (χ2n) is 8.07. The molecular weight excluding hydrogens is 436 g/mol. The number of aryl methyl sites for hydroxylation is 1. The lowest BCUT2D eigenvalue weighted by atomic mass is 10.0. The molecule has 8 heteroatoms. The fourth-order valence-electron chi connectivity index (χ4n) is 3.67. The number of nitrogens with zero attached hydrogens (tertiary/aromatic N) is 4. The molecule has 3 heterocycles. The van der Waals surface area contributed by atoms with Crippen molar-refractivity contribution in [1.82, 2.24) is 24.8 Å². The van der Waals surface area contributed by atoms with Crippen molar-refractivity contribution >= 4 is 40.4 Å². The number of hydrogen-bond donors (Lipinski definition) is 2. The molecule has 0 unspecified atom stereocenters. The van der Waals surface area contributed by atoms with Gasteiger partial charge in [-0.2, -0.15) is 0 Å². The predicted octanol–water partition coefficient (Wildman–Crippen LogP) is 4.33. The third-order valence-corrected chi connectivity index (χ3v) is 5.65. The summed E-state index contributed by atoms with van der Waals surface area (Å²) in [6, 6.07) is 11.4. The molecule has 0 aliphatic heterocycles. The summed E-state index contributed by atoms with van der Waals surface area (Å²) in [5.41, 5.74) is 12.0. The number of halogens is 1. The quantitative estimate of drug-likeness (QED) is 0.446. The Kier molecular flexibility index (Phi) is 6.42. The van der Waals surface area contributed by atoms with Gasteiger partial charge in [-0.3, -0.25) is 14.8 Å². The molecule has 0 saturated heterocycles. The van der Waals surface area contributed by atoms with Crippen LogP contribution in [0.4, 0.5) is 5.95 Å². The lowest BCUT2D eigenvalue weighted by Crippen LogP contribution is -2.25. The normalized spacial score (nSPS) is 11.7. The van der Waals surface area contributed by atoms with E-state index in [2.05, 4.69) is 20.3 Å². The first-order chi connectivity index (χ1) is 15.8. The van der Waals surface area contributed by atoms with Crippen molar-refractivity contribution < 1.29 is 4.79 Å². The van der Waals surface area contributed by atoms with Crippen molar-refractivity contribution in [3.8, 4) is 0 Å². The van der Waals surface area contributed by atoms with Crippen LogP contribution in [-0.2, 0) is 13.5 Å². The summed E-state index contributed by atoms with van der Waals surface area (Å²) in [6.07, 6.45) is 5.88. The van der Waals surface area contributed by atoms with Crippen LogP contribution in [0.5, 0.6) is 0 Å². The van der Waals surface area contributed by atoms with E-state index in [1.807, 2.05) is 61.9 Å². The Morgan fingerprint density at radius 2 is 2.03 bits per heavy atom. The fourth-order valence-corrected chi connectivity index (χ4v) is 3.83. The number of carbonyl (C=O) groups is 1. The van der Waals surface area contributed by atoms with Gasteiger partial charge in [-0.15, -0.1) is 0 Å². The zero-order valence-electron chi connectivity index (χ0n) is 18.8. The Morgan fingerprint density at radius 1 is 1.21 bits per heavy atom. The van der Waals surface area contributed by atoms with Crippen LogP contribution >= 0.6 is 11.6 Å². The SMILES string of the molecule is C/C(=C\c1c(C)nc(N)n1C)CNC(=O)c1ccnc(Cc2ccc3ncc(Cl)cc3c2)c1. The van der Waals surface area contributed by atoms with Gasteiger partial charge < -0.3 is 15.6 Å². The van der Waals surface area contributed by atoms with E-state index in [9.17, 15) is 4.79 Å². The number of rotatable bonds is 6. The van der Waals surface area contributed by atoms with Crippen LogP contribution in [0.2, 0.25) is 5.02 Å². The van der Waals surface area contributed by atoms with Gasteiger partial charge in [0.15, 0.2) is 0 Å². The fraction of sp³-hybridized carbons (Fsp3) is 0.200. The highest BCUT2D eigenvalue weighted by atomic mass is 35.5. The molecule has 33 heavy (non-hydrogen) atoms. The summed E-state index contributed by atoms with van der Waals surface area (Å²) in [6.45, 7) is 4.29. The number of carbonyl (C=O) groups excluding carboxylic acids is 1. The smallest absolute Gasteiger partial charge is 0.251 e. The van der Waals surface area contributed by atoms with E-state index in [4.69, 9.17) is 17.3 Å². The number of imidazole rings is 1. The van der Waals surface area contributed by atoms with Crippen molar-refractivity contribution in [2.24, 2.45) is 7.05 Å². The number of benzene rings is 1. The number of amides is 1. The van der Waals surface area contributed by atoms with Gasteiger partial charge in [-0.1, -0.05) is 23.2 Å². The van der Waals surface area contributed by atoms with Gasteiger partial charge >= 0.3 is 0 Å². The zero-order valence-corrected chi connectivity index (χ0v) is 19.5. The van der Waals surface area contributed by atoms with Crippen LogP contribution in [0.15, 0.2) is 54.4 Å². The number of hydrogen-bond acceptors (Lipinski definition) is 5. The van der Waals surface area contributed by atoms with Crippen LogP contribution in [-0.4, -0.2) is 32.0 Å². The van der Waals surface area contributed by atoms with Crippen molar-refractivity contribution in [2.75, 3.05) is 12.3 Å². The summed E-state index contributed by atoms with van der Waals surface area (Å²) in [5, 5.41) is 4.54. The van der Waals surface area contributed by atoms with Crippen molar-refractivity contribution in [3.05, 3.63) is 87.6 Å². The van der Waals surface area contributed by atoms with E-state index in [0.717, 1.165) is 39.1 Å². The van der Waals surface area contributed by atoms with E-state index in [1.54, 1.807) is 18.5 Å². The summed E-state index contributed by atoms with van der Waals surface area (Å²) in [5.74, 6) is 0.313. The van der Waals surface area contributed by atoms with E-state index >= 15 is 0 Å². The largest absolute Gasteiger partial charge is 0.369 e. The average molecular weight is 461 g/mol. The predicted molar refractivity (Wildman–Crippen MR) is 132 cm³/mol. The summed E-state index contributed by atoms with van der Waals surface area (Å²) < 4.78 is 1.83. The second-order valence-corrected chi connectivity index (χ2v) is 8.50. The molecular formula is C25H25ClN6O. The zero-order chi connectivity index (χ0) is 23.5. The maximum absolute atomic E-state index is 12.7. The molecule has 0 saturated carbocycles. The van der Waals surface area contributed by atoms with Crippen LogP contribution in [0.3, 0.4) is 0 Å². The molecule has 1 aromatic carbocycles. The molecule has 7 nitrogen and oxygen atoms in total. The molecule has 4 rings (SSSR count). The van der Waals surface area contributed by atoms with Crippen LogP contribution in [0.25, 0.3) is 17.0 Å². The Labute approximate surface area is 197 Å². The topological polar surface area (TPSA) is 98.7 Å². The Bertz CT molecular complexity index is 1370. The number of nitrogen functional groups attached to an aromatic ring is 1. The number of pyridine rings is 2. The van der Waals surface area contributed by atoms with Gasteiger partial charge in [0.2, 0.25) is 5.95 Å². The van der Waals surface area contributed by atoms with Gasteiger partial charge in [0, 0.05) is 49.1 Å². The van der Waals surface area contributed by atoms with Crippen LogP contribution in [0.1, 0.15) is 39.9 Å². The molecule has 0 radical (unpaired) electrons. The molecule has 168 valence electrons. The molecule has 0 fully saturated rings. The summed E-state index contributed by atoms with van der Waals surface area (Å²) >= 11 is 6.07. The maximum atomic E-state index is 12.7. The average Bonchev–Trinajstić information content (AvgIpc) is 3.03. The molecule has 3 aromatic heterocycles. The maximum Gasteiger partial charge on any atom is 0.251 e. The number of aromatic nitrogens is 4. The highest BCUT2D eigenvalue weighted by Gasteiger charge is 2.10. The molecule has 0 aliphatic carbocycles. The highest BCUT2D eigenvalue weighted by molar-refractivity contribution is 6.31. The van der Waals surface area contributed by atoms with Gasteiger partial charge in [0.25, 0.3) is 5.91 Å². The van der Waals surface area contributed by atoms with E-state index in [1.165, 1.54) is 0 Å². The van der Waals surface area contributed by atoms with Crippen LogP contribution in [0, 0.1) is 6.92 Å². The van der Waals surface area contributed by atoms with Crippen molar-refractivity contribution in [3.63, 3.8) is 0 Å². The van der Waals surface area contributed by atoms with Gasteiger partial charge in [0.1, 0.15) is 0 Å². The van der Waals surface area contributed by atoms with Gasteiger partial charge in [-0.25, -0.2) is 4.98 Å². The minimum atomic E-state index is -0.151. The van der Waals surface area contributed by atoms with Crippen molar-refractivity contribution in [1.29, 1.82) is 0 Å². The number of fused-ring (bicyclic) bond motifs is 1. The second kappa shape index (κ2) is 9.42. The first-order valence-corrected chi connectivity index (χ1v) is 10.9. The summed E-state index contributed by atoms with van der Waals surface area (Å²) in [4.78, 5) is 25.7. The first-order valence-electron chi connectivity index (χ1n) is 10.5. The lowest BCUT2D eigenvalue weighted by Gasteiger charge is -2.08. The van der Waals surface area contributed by atoms with E-state index < -0.39 is 0 Å². The molecule has 3 N–H and O–H groups in total. The first kappa shape index (κ1) is 22.5. The monoisotopic (exact) mass is 460 g/mol. The third kappa shape index (κ3) is 5.21. The third-order valence-electron chi connectivity index (χ3n) is 5.45. The minimum absolute atomic E-state index is 0.151. The van der Waals surface area contributed by atoms with Crippen molar-refractivity contribution in [2.45, 2.75) is 20.3 Å². The lowest BCUT2D eigenvalue weighted by molar-refractivity contribution is 0.0957. The standard InChI is InChI=1S/C25H25ClN6O/c1-15(8-23-16(2)31-25(27)32(23)3)13-30-24(33)18-6-7-28-21(12-18)10-17-4-5-22-19(9-17)11-20(26)14-29-22/h4-9,11-12,14H,10,13H2,1-3H3,(H2,27,31)(H,30,33)/b15-8+. The Morgan fingerprint density at radius 3 is 2.79 bits per heavy atom. The Hall–Kier alpha value is -3.71. The Balaban J connectivity index is 1.44. The molecule has 0 aliphatic rings. The van der Waals surface area contributed by atoms with E-state index in [0.29, 0.717) is 29.5 Å². The minimum Gasteiger partial charge on any atom is -0.369 e. The van der Waals surface area contributed by atoms with Gasteiger partial charge in [0.05, 0.1) is 21.9 Å². The molecule has 0 atom stereocenters. The molecule has 1 amide bonds.